The lowest BCUT2D eigenvalue weighted by Crippen LogP contribution is -2.57. The van der Waals surface area contributed by atoms with E-state index in [1.165, 1.54) is 0 Å². The molecule has 188 valence electrons. The Morgan fingerprint density at radius 3 is 2.61 bits per heavy atom. The van der Waals surface area contributed by atoms with Crippen LogP contribution in [0.4, 0.5) is 4.39 Å². The van der Waals surface area contributed by atoms with Crippen molar-refractivity contribution < 1.29 is 39.2 Å². The fourth-order valence-electron chi connectivity index (χ4n) is 5.84. The van der Waals surface area contributed by atoms with Crippen molar-refractivity contribution in [3.63, 3.8) is 0 Å². The number of nitrogens with two attached hydrogens (primary N) is 1. The third-order valence-corrected chi connectivity index (χ3v) is 7.53. The molecule has 1 amide bonds. The number of rotatable bonds is 5. The zero-order valence-electron chi connectivity index (χ0n) is 19.2. The lowest BCUT2D eigenvalue weighted by atomic mass is 9.60. The monoisotopic (exact) mass is 496 g/mol. The van der Waals surface area contributed by atoms with E-state index < -0.39 is 58.7 Å². The number of allylic oxidation sites excluding steroid dienone is 2. The number of hydrogen-bond donors (Lipinski definition) is 6. The van der Waals surface area contributed by atoms with Crippen LogP contribution in [-0.2, 0) is 22.6 Å². The average molecular weight is 496 g/mol. The van der Waals surface area contributed by atoms with Crippen molar-refractivity contribution in [2.45, 2.75) is 31.4 Å². The molecule has 2 aromatic carbocycles. The second-order valence-electron chi connectivity index (χ2n) is 9.59. The highest BCUT2D eigenvalue weighted by atomic mass is 19.1. The van der Waals surface area contributed by atoms with Crippen LogP contribution < -0.4 is 11.1 Å². The number of primary amides is 1. The molecule has 3 aliphatic carbocycles. The van der Waals surface area contributed by atoms with Gasteiger partial charge in [0.05, 0.1) is 5.56 Å². The van der Waals surface area contributed by atoms with Crippen molar-refractivity contribution in [2.75, 3.05) is 13.2 Å². The molecular formula is C26H25FN2O7. The van der Waals surface area contributed by atoms with Crippen molar-refractivity contribution in [3.05, 3.63) is 63.6 Å². The molecule has 10 heteroatoms. The van der Waals surface area contributed by atoms with Gasteiger partial charge in [0.25, 0.3) is 5.91 Å². The van der Waals surface area contributed by atoms with Gasteiger partial charge >= 0.3 is 0 Å². The lowest BCUT2D eigenvalue weighted by molar-refractivity contribution is -0.144. The number of carbonyl (C=O) groups is 3. The second-order valence-corrected chi connectivity index (χ2v) is 9.59. The number of hydrogen-bond acceptors (Lipinski definition) is 8. The van der Waals surface area contributed by atoms with Gasteiger partial charge in [-0.05, 0) is 41.3 Å². The molecule has 3 aliphatic rings. The summed E-state index contributed by atoms with van der Waals surface area (Å²) in [6.45, 7) is 0.0126. The zero-order chi connectivity index (χ0) is 25.9. The summed E-state index contributed by atoms with van der Waals surface area (Å²) in [4.78, 5) is 38.4. The highest BCUT2D eigenvalue weighted by Gasteiger charge is 2.59. The number of aliphatic hydroxyl groups is 3. The summed E-state index contributed by atoms with van der Waals surface area (Å²) in [7, 11) is 0. The van der Waals surface area contributed by atoms with Crippen molar-refractivity contribution in [1.82, 2.24) is 5.32 Å². The molecule has 0 spiro atoms. The van der Waals surface area contributed by atoms with Gasteiger partial charge in [0, 0.05) is 36.4 Å². The summed E-state index contributed by atoms with van der Waals surface area (Å²) in [5.41, 5.74) is 2.91. The number of fused-ring (bicyclic) bond motifs is 4. The molecule has 36 heavy (non-hydrogen) atoms. The van der Waals surface area contributed by atoms with Gasteiger partial charge in [0.2, 0.25) is 5.78 Å². The molecule has 0 radical (unpaired) electrons. The molecule has 0 fully saturated rings. The van der Waals surface area contributed by atoms with Crippen LogP contribution in [0, 0.1) is 11.8 Å². The van der Waals surface area contributed by atoms with Crippen LogP contribution in [0.5, 0.6) is 5.75 Å². The Morgan fingerprint density at radius 2 is 1.92 bits per heavy atom. The maximum absolute atomic E-state index is 13.6. The normalized spacial score (nSPS) is 25.6. The summed E-state index contributed by atoms with van der Waals surface area (Å²) in [6.07, 6.45) is 0.0657. The minimum absolute atomic E-state index is 0.0343. The molecule has 7 N–H and O–H groups in total. The van der Waals surface area contributed by atoms with Crippen molar-refractivity contribution in [3.8, 4) is 5.75 Å². The molecule has 0 saturated carbocycles. The van der Waals surface area contributed by atoms with Crippen molar-refractivity contribution in [1.29, 1.82) is 0 Å². The third-order valence-electron chi connectivity index (χ3n) is 7.53. The molecule has 0 aliphatic heterocycles. The predicted octanol–water partition coefficient (Wildman–Crippen LogP) is 1.79. The third kappa shape index (κ3) is 3.32. The maximum Gasteiger partial charge on any atom is 0.255 e. The molecule has 9 nitrogen and oxygen atoms in total. The molecule has 0 saturated heterocycles. The molecule has 0 bridgehead atoms. The molecule has 2 aromatic rings. The van der Waals surface area contributed by atoms with Gasteiger partial charge in [-0.2, -0.15) is 0 Å². The topological polar surface area (TPSA) is 170 Å². The minimum Gasteiger partial charge on any atom is -0.511 e. The van der Waals surface area contributed by atoms with Crippen LogP contribution in [0.1, 0.15) is 34.3 Å². The second kappa shape index (κ2) is 8.42. The van der Waals surface area contributed by atoms with E-state index in [1.807, 2.05) is 6.07 Å². The Morgan fingerprint density at radius 1 is 1.17 bits per heavy atom. The number of ketones is 2. The van der Waals surface area contributed by atoms with E-state index in [2.05, 4.69) is 5.32 Å². The quantitative estimate of drug-likeness (QED) is 0.269. The summed E-state index contributed by atoms with van der Waals surface area (Å²) < 4.78 is 12.4. The van der Waals surface area contributed by atoms with Crippen LogP contribution in [0.2, 0.25) is 0 Å². The number of benzene rings is 2. The number of phenols is 1. The fourth-order valence-corrected chi connectivity index (χ4v) is 5.84. The number of aliphatic hydroxyl groups excluding tert-OH is 2. The first-order valence-corrected chi connectivity index (χ1v) is 11.6. The summed E-state index contributed by atoms with van der Waals surface area (Å²) >= 11 is 0. The van der Waals surface area contributed by atoms with Crippen LogP contribution in [-0.4, -0.2) is 56.7 Å². The first kappa shape index (κ1) is 24.0. The SMILES string of the molecule is NC(=O)C1=C(O)C[C@@H]2C[C@@H]3Cc4cc5ccc(CNCCF)cc5c(O)c4C(=O)C3=C(O)[C@]2(O)C1=O. The molecular weight excluding hydrogens is 471 g/mol. The Hall–Kier alpha value is -3.76. The van der Waals surface area contributed by atoms with E-state index in [0.717, 1.165) is 5.56 Å². The van der Waals surface area contributed by atoms with E-state index in [0.29, 0.717) is 22.9 Å². The first-order valence-electron chi connectivity index (χ1n) is 11.6. The Kier molecular flexibility index (Phi) is 5.60. The molecule has 5 rings (SSSR count). The average Bonchev–Trinajstić information content (AvgIpc) is 2.81. The van der Waals surface area contributed by atoms with Crippen LogP contribution in [0.15, 0.2) is 46.9 Å². The number of amides is 1. The summed E-state index contributed by atoms with van der Waals surface area (Å²) in [5.74, 6) is -6.49. The highest BCUT2D eigenvalue weighted by molar-refractivity contribution is 6.24. The van der Waals surface area contributed by atoms with Crippen molar-refractivity contribution in [2.24, 2.45) is 17.6 Å². The summed E-state index contributed by atoms with van der Waals surface area (Å²) in [6, 6.07) is 7.10. The number of carbonyl (C=O) groups excluding carboxylic acids is 3. The molecule has 3 atom stereocenters. The maximum atomic E-state index is 13.6. The fraction of sp³-hybridized carbons (Fsp3) is 0.346. The van der Waals surface area contributed by atoms with Crippen LogP contribution in [0.25, 0.3) is 10.8 Å². The van der Waals surface area contributed by atoms with Crippen molar-refractivity contribution >= 4 is 28.2 Å². The number of alkyl halides is 1. The van der Waals surface area contributed by atoms with Crippen LogP contribution >= 0.6 is 0 Å². The first-order chi connectivity index (χ1) is 17.1. The van der Waals surface area contributed by atoms with Gasteiger partial charge in [-0.3, -0.25) is 14.4 Å². The number of Topliss-reactive ketones (excluding diaryl/α,β-unsaturated/α-hetero) is 2. The Bertz CT molecular complexity index is 1410. The highest BCUT2D eigenvalue weighted by Crippen LogP contribution is 2.52. The Balaban J connectivity index is 1.62. The zero-order valence-corrected chi connectivity index (χ0v) is 19.2. The van der Waals surface area contributed by atoms with Gasteiger partial charge in [-0.1, -0.05) is 18.2 Å². The van der Waals surface area contributed by atoms with Gasteiger partial charge in [-0.25, -0.2) is 4.39 Å². The standard InChI is InChI=1S/C26H25FN2O7/c27-3-4-29-10-11-1-2-12-6-13-7-14-8-15-9-17(30)20(25(28)35)24(34)26(15,36)23(33)19(14)22(32)18(13)21(31)16(12)5-11/h1-2,5-6,14-15,29-31,33,36H,3-4,7-10H2,(H2,28,35)/t14-,15-,26-/m0/s1. The van der Waals surface area contributed by atoms with E-state index in [4.69, 9.17) is 5.73 Å². The van der Waals surface area contributed by atoms with Gasteiger partial charge < -0.3 is 31.5 Å². The van der Waals surface area contributed by atoms with E-state index in [-0.39, 0.29) is 42.7 Å². The largest absolute Gasteiger partial charge is 0.511 e. The minimum atomic E-state index is -2.59. The van der Waals surface area contributed by atoms with E-state index in [9.17, 15) is 39.2 Å². The van der Waals surface area contributed by atoms with Gasteiger partial charge in [0.15, 0.2) is 11.4 Å². The van der Waals surface area contributed by atoms with E-state index >= 15 is 0 Å². The number of phenolic OH excluding ortho intramolecular Hbond substituents is 1. The molecule has 0 heterocycles. The predicted molar refractivity (Wildman–Crippen MR) is 126 cm³/mol. The van der Waals surface area contributed by atoms with E-state index in [1.54, 1.807) is 18.2 Å². The van der Waals surface area contributed by atoms with Gasteiger partial charge in [0.1, 0.15) is 29.5 Å². The van der Waals surface area contributed by atoms with Gasteiger partial charge in [-0.15, -0.1) is 0 Å². The number of aromatic hydroxyl groups is 1. The molecule has 0 unspecified atom stereocenters. The smallest absolute Gasteiger partial charge is 0.255 e. The van der Waals surface area contributed by atoms with Crippen LogP contribution in [0.3, 0.4) is 0 Å². The number of halogens is 1. The molecule has 0 aromatic heterocycles. The number of nitrogens with one attached hydrogen (secondary N) is 1. The lowest BCUT2D eigenvalue weighted by Gasteiger charge is -2.45. The Labute approximate surface area is 204 Å². The summed E-state index contributed by atoms with van der Waals surface area (Å²) in [5, 5.41) is 47.7.